The van der Waals surface area contributed by atoms with Crippen molar-refractivity contribution in [1.29, 1.82) is 0 Å². The molecule has 2 aliphatic rings. The fraction of sp³-hybridized carbons (Fsp3) is 0.0625. The summed E-state index contributed by atoms with van der Waals surface area (Å²) < 4.78 is 45.6. The average molecular weight is 300 g/mol. The van der Waals surface area contributed by atoms with Gasteiger partial charge in [0.15, 0.2) is 5.70 Å². The van der Waals surface area contributed by atoms with Crippen molar-refractivity contribution in [3.05, 3.63) is 77.0 Å². The van der Waals surface area contributed by atoms with Crippen molar-refractivity contribution >= 4 is 18.8 Å². The van der Waals surface area contributed by atoms with E-state index < -0.39 is 6.97 Å². The Morgan fingerprint density at radius 2 is 1.95 bits per heavy atom. The number of rotatable bonds is 1. The number of nitrogens with zero attached hydrogens (tertiary/aromatic N) is 2. The van der Waals surface area contributed by atoms with Crippen LogP contribution in [0.2, 0.25) is 0 Å². The van der Waals surface area contributed by atoms with Crippen molar-refractivity contribution < 1.29 is 17.5 Å². The molecule has 1 aromatic heterocycles. The van der Waals surface area contributed by atoms with Gasteiger partial charge in [0.2, 0.25) is 0 Å². The Labute approximate surface area is 125 Å². The fourth-order valence-electron chi connectivity index (χ4n) is 3.13. The van der Waals surface area contributed by atoms with Gasteiger partial charge in [-0.05, 0) is 30.8 Å². The third-order valence-corrected chi connectivity index (χ3v) is 4.20. The molecule has 0 N–H and O–H groups in total. The zero-order valence-corrected chi connectivity index (χ0v) is 11.8. The normalized spacial score (nSPS) is 18.3. The van der Waals surface area contributed by atoms with Crippen molar-refractivity contribution in [2.45, 2.75) is 6.92 Å². The van der Waals surface area contributed by atoms with Crippen molar-refractivity contribution in [2.75, 3.05) is 0 Å². The maximum atomic E-state index is 14.6. The predicted molar refractivity (Wildman–Crippen MR) is 80.4 cm³/mol. The van der Waals surface area contributed by atoms with Crippen LogP contribution in [0.3, 0.4) is 0 Å². The van der Waals surface area contributed by atoms with Gasteiger partial charge in [-0.1, -0.05) is 18.2 Å². The number of aryl methyl sites for hydroxylation is 1. The fourth-order valence-corrected chi connectivity index (χ4v) is 3.13. The van der Waals surface area contributed by atoms with E-state index in [-0.39, 0.29) is 5.82 Å². The number of aromatic nitrogens is 1. The zero-order valence-electron chi connectivity index (χ0n) is 11.8. The summed E-state index contributed by atoms with van der Waals surface area (Å²) >= 11 is 0. The van der Waals surface area contributed by atoms with E-state index in [4.69, 9.17) is 0 Å². The van der Waals surface area contributed by atoms with E-state index in [1.165, 1.54) is 12.4 Å². The molecule has 3 heterocycles. The van der Waals surface area contributed by atoms with Gasteiger partial charge in [0.05, 0.1) is 5.57 Å². The van der Waals surface area contributed by atoms with Crippen molar-refractivity contribution in [1.82, 2.24) is 4.48 Å². The molecule has 0 unspecified atom stereocenters. The second-order valence-corrected chi connectivity index (χ2v) is 5.50. The Kier molecular flexibility index (Phi) is 2.55. The molecule has 0 radical (unpaired) electrons. The molecule has 0 spiro atoms. The van der Waals surface area contributed by atoms with Crippen LogP contribution in [-0.4, -0.2) is 22.1 Å². The van der Waals surface area contributed by atoms with Gasteiger partial charge in [0.25, 0.3) is 0 Å². The molecule has 0 aliphatic carbocycles. The van der Waals surface area contributed by atoms with Gasteiger partial charge in [-0.3, -0.25) is 0 Å². The van der Waals surface area contributed by atoms with Crippen LogP contribution in [0.1, 0.15) is 16.8 Å². The van der Waals surface area contributed by atoms with Crippen LogP contribution in [0, 0.1) is 12.7 Å². The maximum absolute atomic E-state index is 14.6. The molecule has 2 aliphatic heterocycles. The lowest BCUT2D eigenvalue weighted by atomic mass is 9.86. The summed E-state index contributed by atoms with van der Waals surface area (Å²) in [5.74, 6) is -0.379. The van der Waals surface area contributed by atoms with Gasteiger partial charge < -0.3 is 17.6 Å². The average Bonchev–Trinajstić information content (AvgIpc) is 3.13. The Bertz CT molecular complexity index is 891. The van der Waals surface area contributed by atoms with Crippen LogP contribution in [0.5, 0.6) is 0 Å². The summed E-state index contributed by atoms with van der Waals surface area (Å²) in [6.45, 7) is -2.28. The summed E-state index contributed by atoms with van der Waals surface area (Å²) in [7, 11) is 0. The molecule has 1 aromatic carbocycles. The Morgan fingerprint density at radius 1 is 1.14 bits per heavy atom. The molecule has 0 saturated carbocycles. The standard InChI is InChI=1S/C16H12BF3N2/c1-11-5-2-6-12(16(11)18)15-13-7-3-9-21(13)17(19,20)22-10-4-8-14(15)22/h2-10H,1H3. The topological polar surface area (TPSA) is 7.94 Å². The first-order valence-corrected chi connectivity index (χ1v) is 7.01. The second kappa shape index (κ2) is 4.26. The molecule has 0 atom stereocenters. The van der Waals surface area contributed by atoms with E-state index in [0.717, 1.165) is 8.96 Å². The molecule has 0 fully saturated rings. The van der Waals surface area contributed by atoms with E-state index in [9.17, 15) is 13.0 Å². The molecule has 0 bridgehead atoms. The van der Waals surface area contributed by atoms with E-state index >= 15 is 0 Å². The predicted octanol–water partition coefficient (Wildman–Crippen LogP) is 3.58. The van der Waals surface area contributed by atoms with E-state index in [2.05, 4.69) is 0 Å². The first-order valence-electron chi connectivity index (χ1n) is 7.01. The summed E-state index contributed by atoms with van der Waals surface area (Å²) in [6.07, 6.45) is 5.84. The summed E-state index contributed by atoms with van der Waals surface area (Å²) in [5, 5.41) is 0. The molecule has 0 amide bonds. The van der Waals surface area contributed by atoms with E-state index in [1.54, 1.807) is 49.4 Å². The lowest BCUT2D eigenvalue weighted by molar-refractivity contribution is -0.356. The minimum absolute atomic E-state index is 0.334. The highest BCUT2D eigenvalue weighted by Crippen LogP contribution is 2.39. The molecule has 0 saturated heterocycles. The van der Waals surface area contributed by atoms with Crippen molar-refractivity contribution in [3.63, 3.8) is 0 Å². The van der Waals surface area contributed by atoms with Crippen LogP contribution in [-0.2, 0) is 0 Å². The van der Waals surface area contributed by atoms with Crippen LogP contribution in [0.15, 0.2) is 54.4 Å². The highest BCUT2D eigenvalue weighted by atomic mass is 19.2. The first-order chi connectivity index (χ1) is 10.5. The highest BCUT2D eigenvalue weighted by Gasteiger charge is 2.51. The largest absolute Gasteiger partial charge is 0.737 e. The Morgan fingerprint density at radius 3 is 2.77 bits per heavy atom. The van der Waals surface area contributed by atoms with Crippen molar-refractivity contribution in [3.8, 4) is 0 Å². The third-order valence-electron chi connectivity index (χ3n) is 4.20. The van der Waals surface area contributed by atoms with Gasteiger partial charge in [-0.15, -0.1) is 0 Å². The zero-order chi connectivity index (χ0) is 15.5. The van der Waals surface area contributed by atoms with Gasteiger partial charge in [0.1, 0.15) is 12.0 Å². The first kappa shape index (κ1) is 13.2. The molecule has 2 aromatic rings. The monoisotopic (exact) mass is 300 g/mol. The molecule has 110 valence electrons. The molecule has 4 rings (SSSR count). The van der Waals surface area contributed by atoms with Crippen LogP contribution in [0.25, 0.3) is 5.57 Å². The third kappa shape index (κ3) is 1.55. The highest BCUT2D eigenvalue weighted by molar-refractivity contribution is 6.57. The lowest BCUT2D eigenvalue weighted by Gasteiger charge is -2.31. The number of halogens is 3. The quantitative estimate of drug-likeness (QED) is 0.711. The molecular formula is C16H12BF3N2. The van der Waals surface area contributed by atoms with Crippen LogP contribution >= 0.6 is 0 Å². The number of fused-ring (bicyclic) bond motifs is 2. The van der Waals surface area contributed by atoms with E-state index in [1.807, 2.05) is 0 Å². The van der Waals surface area contributed by atoms with Gasteiger partial charge >= 0.3 is 6.97 Å². The molecule has 22 heavy (non-hydrogen) atoms. The van der Waals surface area contributed by atoms with Gasteiger partial charge in [-0.25, -0.2) is 4.39 Å². The SMILES string of the molecule is Cc1cccc(C2=C3C=CC=[N+]3[B-](F)(F)n3cccc32)c1F. The molecule has 6 heteroatoms. The second-order valence-electron chi connectivity index (χ2n) is 5.50. The Balaban J connectivity index is 2.09. The lowest BCUT2D eigenvalue weighted by Crippen LogP contribution is -2.49. The number of hydrogen-bond acceptors (Lipinski definition) is 0. The Hall–Kier alpha value is -2.50. The number of hydrogen-bond donors (Lipinski definition) is 0. The summed E-state index contributed by atoms with van der Waals surface area (Å²) in [5.41, 5.74) is 1.99. The molecule has 2 nitrogen and oxygen atoms in total. The van der Waals surface area contributed by atoms with Crippen molar-refractivity contribution in [2.24, 2.45) is 0 Å². The summed E-state index contributed by atoms with van der Waals surface area (Å²) in [6, 6.07) is 8.19. The van der Waals surface area contributed by atoms with Gasteiger partial charge in [0, 0.05) is 23.4 Å². The number of allylic oxidation sites excluding steroid dienone is 2. The van der Waals surface area contributed by atoms with E-state index in [0.29, 0.717) is 28.1 Å². The molecular weight excluding hydrogens is 288 g/mol. The van der Waals surface area contributed by atoms with Crippen LogP contribution in [0.4, 0.5) is 13.0 Å². The minimum Gasteiger partial charge on any atom is -0.396 e. The minimum atomic E-state index is -3.94. The van der Waals surface area contributed by atoms with Gasteiger partial charge in [-0.2, -0.15) is 0 Å². The van der Waals surface area contributed by atoms with Crippen LogP contribution < -0.4 is 0 Å². The maximum Gasteiger partial charge on any atom is 0.737 e. The smallest absolute Gasteiger partial charge is 0.396 e. The summed E-state index contributed by atoms with van der Waals surface area (Å²) in [4.78, 5) is 0. The number of benzene rings is 1.